The molecule has 6 aromatic rings. The van der Waals surface area contributed by atoms with Gasteiger partial charge in [-0.1, -0.05) is 163 Å². The molecule has 4 aromatic carbocycles. The first-order valence-electron chi connectivity index (χ1n) is 28.5. The van der Waals surface area contributed by atoms with Gasteiger partial charge in [0, 0.05) is 62.8 Å². The molecule has 2 saturated heterocycles. The van der Waals surface area contributed by atoms with Gasteiger partial charge < -0.3 is 48.6 Å². The molecule has 15 heteroatoms. The molecule has 2 fully saturated rings. The molecule has 8 rings (SSSR count). The molecule has 2 unspecified atom stereocenters. The molecule has 0 aliphatic carbocycles. The first-order valence-corrected chi connectivity index (χ1v) is 32.0. The maximum absolute atomic E-state index is 13.0. The van der Waals surface area contributed by atoms with Crippen molar-refractivity contribution in [2.24, 2.45) is 10.8 Å². The van der Waals surface area contributed by atoms with Gasteiger partial charge in [0.05, 0.1) is 47.8 Å². The van der Waals surface area contributed by atoms with Gasteiger partial charge in [-0.2, -0.15) is 0 Å². The lowest BCUT2D eigenvalue weighted by molar-refractivity contribution is 0.0132. The standard InChI is InChI=1S/C34H50N4O3Si.C31H42N4O3/c1-32(2,3)29(35-24-34(41-42(7,8)9)20-21-37(25-34)31(39)40-33(4,5)6)30-36-28(27-18-14-11-15-19-27)23-38(30)22-26-16-12-10-13-17-26;1-29(2,3)26(32-21-31(37)17-18-34(22-31)28(36)38-30(4,5)6)27-33-25(24-15-11-8-12-16-24)20-35(27)19-23-13-9-7-10-14-23/h10-19,23,29,35H,20-22,24-25H2,1-9H3;7-16,20,26,32,37H,17-19,21-22H2,1-6H3/t29-,34?;26-,31?/m00/s1. The molecule has 2 aliphatic rings. The molecule has 432 valence electrons. The highest BCUT2D eigenvalue weighted by Gasteiger charge is 2.46. The monoisotopic (exact) mass is 1110 g/mol. The van der Waals surface area contributed by atoms with Gasteiger partial charge >= 0.3 is 12.2 Å². The molecular formula is C65H92N8O6Si. The third-order valence-electron chi connectivity index (χ3n) is 14.1. The number of aromatic nitrogens is 4. The second kappa shape index (κ2) is 24.9. The van der Waals surface area contributed by atoms with Gasteiger partial charge in [0.1, 0.15) is 22.9 Å². The number of aliphatic hydroxyl groups is 1. The zero-order valence-electron chi connectivity index (χ0n) is 50.6. The van der Waals surface area contributed by atoms with E-state index in [1.165, 1.54) is 11.1 Å². The molecule has 0 radical (unpaired) electrons. The van der Waals surface area contributed by atoms with Crippen molar-refractivity contribution < 1.29 is 28.6 Å². The molecule has 80 heavy (non-hydrogen) atoms. The Bertz CT molecular complexity index is 2940. The van der Waals surface area contributed by atoms with Gasteiger partial charge in [-0.3, -0.25) is 0 Å². The van der Waals surface area contributed by atoms with Crippen LogP contribution in [0.5, 0.6) is 0 Å². The third-order valence-corrected chi connectivity index (χ3v) is 15.2. The fourth-order valence-electron chi connectivity index (χ4n) is 10.5. The van der Waals surface area contributed by atoms with Crippen molar-refractivity contribution in [3.8, 4) is 22.5 Å². The van der Waals surface area contributed by atoms with Crippen molar-refractivity contribution in [3.63, 3.8) is 0 Å². The Hall–Kier alpha value is -6.10. The first kappa shape index (κ1) is 61.5. The molecular weight excluding hydrogens is 1020 g/mol. The number of hydrogen-bond acceptors (Lipinski definition) is 10. The minimum atomic E-state index is -1.94. The van der Waals surface area contributed by atoms with Crippen LogP contribution in [0.4, 0.5) is 9.59 Å². The van der Waals surface area contributed by atoms with E-state index in [-0.39, 0.29) is 41.6 Å². The van der Waals surface area contributed by atoms with E-state index in [1.807, 2.05) is 82.8 Å². The van der Waals surface area contributed by atoms with Crippen LogP contribution in [0.3, 0.4) is 0 Å². The van der Waals surface area contributed by atoms with Gasteiger partial charge in [-0.15, -0.1) is 0 Å². The third kappa shape index (κ3) is 17.5. The number of β-amino-alcohol motifs (C(OH)–C–C–N with tert-alkyl or cyclic N) is 1. The Balaban J connectivity index is 0.000000232. The molecule has 0 bridgehead atoms. The molecule has 4 heterocycles. The van der Waals surface area contributed by atoms with E-state index in [4.69, 9.17) is 23.9 Å². The van der Waals surface area contributed by atoms with E-state index in [9.17, 15) is 14.7 Å². The van der Waals surface area contributed by atoms with Crippen LogP contribution in [-0.4, -0.2) is 116 Å². The van der Waals surface area contributed by atoms with Crippen LogP contribution in [0.15, 0.2) is 134 Å². The van der Waals surface area contributed by atoms with Gasteiger partial charge in [0.15, 0.2) is 8.32 Å². The highest BCUT2D eigenvalue weighted by atomic mass is 28.4. The van der Waals surface area contributed by atoms with Gasteiger partial charge in [0.2, 0.25) is 0 Å². The van der Waals surface area contributed by atoms with E-state index >= 15 is 0 Å². The molecule has 2 aliphatic heterocycles. The van der Waals surface area contributed by atoms with E-state index in [2.05, 4.69) is 178 Å². The van der Waals surface area contributed by atoms with Crippen LogP contribution in [0.2, 0.25) is 19.6 Å². The number of rotatable bonds is 16. The number of ether oxygens (including phenoxy) is 2. The van der Waals surface area contributed by atoms with Crippen LogP contribution in [0.1, 0.15) is 131 Å². The minimum Gasteiger partial charge on any atom is -0.444 e. The lowest BCUT2D eigenvalue weighted by Crippen LogP contribution is -2.53. The molecule has 14 nitrogen and oxygen atoms in total. The van der Waals surface area contributed by atoms with Gasteiger partial charge in [0.25, 0.3) is 0 Å². The summed E-state index contributed by atoms with van der Waals surface area (Å²) in [5, 5.41) is 19.0. The summed E-state index contributed by atoms with van der Waals surface area (Å²) < 4.78 is 22.6. The summed E-state index contributed by atoms with van der Waals surface area (Å²) >= 11 is 0. The Morgan fingerprint density at radius 1 is 0.562 bits per heavy atom. The molecule has 0 saturated carbocycles. The average molecular weight is 1110 g/mol. The lowest BCUT2D eigenvalue weighted by atomic mass is 9.85. The maximum atomic E-state index is 13.0. The van der Waals surface area contributed by atoms with Crippen molar-refractivity contribution in [1.82, 2.24) is 39.5 Å². The number of nitrogens with zero attached hydrogens (tertiary/aromatic N) is 6. The zero-order valence-corrected chi connectivity index (χ0v) is 51.6. The normalized spacial score (nSPS) is 18.9. The predicted octanol–water partition coefficient (Wildman–Crippen LogP) is 13.2. The summed E-state index contributed by atoms with van der Waals surface area (Å²) in [6.07, 6.45) is 4.88. The zero-order chi connectivity index (χ0) is 58.3. The number of nitrogens with one attached hydrogen (secondary N) is 2. The summed E-state index contributed by atoms with van der Waals surface area (Å²) in [4.78, 5) is 39.4. The van der Waals surface area contributed by atoms with Crippen molar-refractivity contribution in [2.75, 3.05) is 39.3 Å². The number of likely N-dealkylation sites (tertiary alicyclic amines) is 2. The van der Waals surface area contributed by atoms with E-state index in [0.717, 1.165) is 47.1 Å². The second-order valence-corrected chi connectivity index (χ2v) is 31.6. The van der Waals surface area contributed by atoms with E-state index in [1.54, 1.807) is 4.90 Å². The van der Waals surface area contributed by atoms with Crippen molar-refractivity contribution in [1.29, 1.82) is 0 Å². The Labute approximate surface area is 478 Å². The summed E-state index contributed by atoms with van der Waals surface area (Å²) in [7, 11) is -1.94. The van der Waals surface area contributed by atoms with E-state index in [0.29, 0.717) is 45.7 Å². The molecule has 0 spiro atoms. The SMILES string of the molecule is CC(C)(C)OC(=O)N1CCC(CN[C@@H](c2nc(-c3ccccc3)cn2Cc2ccccc2)C(C)(C)C)(O[Si](C)(C)C)C1.CC(C)(C)OC(=O)N1CCC(O)(CN[C@@H](c2nc(-c3ccccc3)cn2Cc2ccccc2)C(C)(C)C)C1. The Morgan fingerprint density at radius 2 is 0.938 bits per heavy atom. The largest absolute Gasteiger partial charge is 0.444 e. The van der Waals surface area contributed by atoms with Crippen LogP contribution in [0.25, 0.3) is 22.5 Å². The average Bonchev–Trinajstić information content (AvgIpc) is 4.17. The quantitative estimate of drug-likeness (QED) is 0.0800. The first-order chi connectivity index (χ1) is 37.4. The van der Waals surface area contributed by atoms with Gasteiger partial charge in [-0.05, 0) is 96.0 Å². The fraction of sp³-hybridized carbons (Fsp3) is 0.508. The van der Waals surface area contributed by atoms with Crippen LogP contribution >= 0.6 is 0 Å². The molecule has 2 aromatic heterocycles. The highest BCUT2D eigenvalue weighted by molar-refractivity contribution is 6.69. The fourth-order valence-corrected chi connectivity index (χ4v) is 12.0. The predicted molar refractivity (Wildman–Crippen MR) is 324 cm³/mol. The number of imidazole rings is 2. The maximum Gasteiger partial charge on any atom is 0.410 e. The number of carbonyl (C=O) groups is 2. The number of hydrogen-bond donors (Lipinski definition) is 3. The van der Waals surface area contributed by atoms with Crippen molar-refractivity contribution in [2.45, 2.75) is 163 Å². The van der Waals surface area contributed by atoms with Crippen molar-refractivity contribution in [3.05, 3.63) is 156 Å². The van der Waals surface area contributed by atoms with Gasteiger partial charge in [-0.25, -0.2) is 19.6 Å². The number of carbonyl (C=O) groups excluding carboxylic acids is 2. The number of benzene rings is 4. The summed E-state index contributed by atoms with van der Waals surface area (Å²) in [5.74, 6) is 1.92. The smallest absolute Gasteiger partial charge is 0.410 e. The molecule has 2 amide bonds. The Morgan fingerprint density at radius 3 is 1.32 bits per heavy atom. The summed E-state index contributed by atoms with van der Waals surface area (Å²) in [6, 6.07) is 41.3. The lowest BCUT2D eigenvalue weighted by Gasteiger charge is -2.39. The number of amides is 2. The van der Waals surface area contributed by atoms with Crippen LogP contribution in [-0.2, 0) is 27.0 Å². The second-order valence-electron chi connectivity index (χ2n) is 27.2. The van der Waals surface area contributed by atoms with Crippen LogP contribution in [0, 0.1) is 10.8 Å². The molecule has 4 atom stereocenters. The van der Waals surface area contributed by atoms with Crippen molar-refractivity contribution >= 4 is 20.5 Å². The van der Waals surface area contributed by atoms with Crippen LogP contribution < -0.4 is 10.6 Å². The minimum absolute atomic E-state index is 0.0589. The molecule has 3 N–H and O–H groups in total. The van der Waals surface area contributed by atoms with E-state index < -0.39 is 30.7 Å². The summed E-state index contributed by atoms with van der Waals surface area (Å²) in [5.41, 5.74) is 3.49. The highest BCUT2D eigenvalue weighted by Crippen LogP contribution is 2.38. The topological polar surface area (TPSA) is 148 Å². The summed E-state index contributed by atoms with van der Waals surface area (Å²) in [6.45, 7) is 35.4. The Kier molecular flexibility index (Phi) is 19.2.